The van der Waals surface area contributed by atoms with Crippen molar-refractivity contribution < 1.29 is 19.7 Å². The fraction of sp³-hybridized carbons (Fsp3) is 0.533. The fourth-order valence-corrected chi connectivity index (χ4v) is 2.26. The lowest BCUT2D eigenvalue weighted by Gasteiger charge is -2.30. The highest BCUT2D eigenvalue weighted by atomic mass is 16.5. The maximum Gasteiger partial charge on any atom is 0.258 e. The Morgan fingerprint density at radius 3 is 2.50 bits per heavy atom. The van der Waals surface area contributed by atoms with Gasteiger partial charge in [-0.05, 0) is 31.0 Å². The molecule has 112 valence electrons. The van der Waals surface area contributed by atoms with Gasteiger partial charge in [0, 0.05) is 12.6 Å². The van der Waals surface area contributed by atoms with Gasteiger partial charge in [-0.25, -0.2) is 0 Å². The van der Waals surface area contributed by atoms with Crippen LogP contribution in [0, 0.1) is 0 Å². The van der Waals surface area contributed by atoms with E-state index in [2.05, 4.69) is 0 Å². The second-order valence-electron chi connectivity index (χ2n) is 4.58. The molecule has 0 aromatic heterocycles. The number of phenolic OH excluding ortho intramolecular Hbond substituents is 1. The predicted molar refractivity (Wildman–Crippen MR) is 77.2 cm³/mol. The summed E-state index contributed by atoms with van der Waals surface area (Å²) < 4.78 is 5.08. The van der Waals surface area contributed by atoms with Crippen LogP contribution in [-0.2, 0) is 0 Å². The molecule has 0 aliphatic rings. The van der Waals surface area contributed by atoms with Crippen molar-refractivity contribution in [3.63, 3.8) is 0 Å². The van der Waals surface area contributed by atoms with Crippen molar-refractivity contribution in [2.45, 2.75) is 32.7 Å². The molecule has 1 aromatic carbocycles. The highest BCUT2D eigenvalue weighted by Gasteiger charge is 2.24. The number of benzene rings is 1. The van der Waals surface area contributed by atoms with Crippen LogP contribution in [-0.4, -0.2) is 47.3 Å². The van der Waals surface area contributed by atoms with Gasteiger partial charge in [0.2, 0.25) is 0 Å². The fourth-order valence-electron chi connectivity index (χ4n) is 2.26. The number of phenols is 1. The number of amides is 1. The van der Waals surface area contributed by atoms with Crippen molar-refractivity contribution in [2.24, 2.45) is 0 Å². The summed E-state index contributed by atoms with van der Waals surface area (Å²) in [4.78, 5) is 14.2. The van der Waals surface area contributed by atoms with Crippen molar-refractivity contribution >= 4 is 5.91 Å². The molecule has 0 fully saturated rings. The van der Waals surface area contributed by atoms with E-state index in [1.54, 1.807) is 11.0 Å². The summed E-state index contributed by atoms with van der Waals surface area (Å²) in [5.41, 5.74) is 0.199. The first-order chi connectivity index (χ1) is 9.58. The standard InChI is InChI=1S/C15H23NO4/c1-4-11(5-2)16(8-9-17)15(19)13-10-12(20-3)6-7-14(13)18/h6-7,10-11,17-18H,4-5,8-9H2,1-3H3. The molecule has 0 unspecified atom stereocenters. The van der Waals surface area contributed by atoms with Crippen molar-refractivity contribution in [3.05, 3.63) is 23.8 Å². The van der Waals surface area contributed by atoms with Crippen LogP contribution >= 0.6 is 0 Å². The summed E-state index contributed by atoms with van der Waals surface area (Å²) in [5, 5.41) is 19.0. The van der Waals surface area contributed by atoms with Crippen LogP contribution < -0.4 is 4.74 Å². The first-order valence-electron chi connectivity index (χ1n) is 6.87. The zero-order chi connectivity index (χ0) is 15.1. The van der Waals surface area contributed by atoms with E-state index in [1.807, 2.05) is 13.8 Å². The highest BCUT2D eigenvalue weighted by molar-refractivity contribution is 5.97. The molecular formula is C15H23NO4. The van der Waals surface area contributed by atoms with E-state index in [1.165, 1.54) is 19.2 Å². The van der Waals surface area contributed by atoms with E-state index >= 15 is 0 Å². The number of carbonyl (C=O) groups is 1. The minimum Gasteiger partial charge on any atom is -0.507 e. The molecule has 1 aromatic rings. The van der Waals surface area contributed by atoms with Gasteiger partial charge < -0.3 is 19.8 Å². The van der Waals surface area contributed by atoms with E-state index in [0.717, 1.165) is 12.8 Å². The minimum absolute atomic E-state index is 0.0419. The topological polar surface area (TPSA) is 70.0 Å². The van der Waals surface area contributed by atoms with Gasteiger partial charge in [-0.3, -0.25) is 4.79 Å². The normalized spacial score (nSPS) is 10.7. The van der Waals surface area contributed by atoms with Gasteiger partial charge in [-0.15, -0.1) is 0 Å². The average molecular weight is 281 g/mol. The molecule has 0 bridgehead atoms. The third kappa shape index (κ3) is 3.63. The van der Waals surface area contributed by atoms with Crippen molar-refractivity contribution in [1.29, 1.82) is 0 Å². The molecule has 5 heteroatoms. The van der Waals surface area contributed by atoms with Gasteiger partial charge in [-0.2, -0.15) is 0 Å². The number of aromatic hydroxyl groups is 1. The summed E-state index contributed by atoms with van der Waals surface area (Å²) in [6.07, 6.45) is 1.60. The smallest absolute Gasteiger partial charge is 0.258 e. The molecule has 5 nitrogen and oxygen atoms in total. The van der Waals surface area contributed by atoms with Crippen LogP contribution in [0.2, 0.25) is 0 Å². The summed E-state index contributed by atoms with van der Waals surface area (Å²) in [6, 6.07) is 4.60. The number of aliphatic hydroxyl groups excluding tert-OH is 1. The molecule has 1 amide bonds. The number of hydrogen-bond acceptors (Lipinski definition) is 4. The first kappa shape index (κ1) is 16.3. The number of methoxy groups -OCH3 is 1. The molecular weight excluding hydrogens is 258 g/mol. The Kier molecular flexibility index (Phi) is 6.31. The van der Waals surface area contributed by atoms with Crippen molar-refractivity contribution in [3.8, 4) is 11.5 Å². The Bertz CT molecular complexity index is 443. The molecule has 0 spiro atoms. The van der Waals surface area contributed by atoms with Crippen LogP contribution in [0.15, 0.2) is 18.2 Å². The van der Waals surface area contributed by atoms with E-state index in [4.69, 9.17) is 9.84 Å². The van der Waals surface area contributed by atoms with Gasteiger partial charge in [0.25, 0.3) is 5.91 Å². The van der Waals surface area contributed by atoms with Gasteiger partial charge >= 0.3 is 0 Å². The van der Waals surface area contributed by atoms with E-state index in [-0.39, 0.29) is 36.4 Å². The zero-order valence-corrected chi connectivity index (χ0v) is 12.3. The third-order valence-corrected chi connectivity index (χ3v) is 3.42. The molecule has 0 saturated carbocycles. The third-order valence-electron chi connectivity index (χ3n) is 3.42. The second kappa shape index (κ2) is 7.75. The Hall–Kier alpha value is -1.75. The van der Waals surface area contributed by atoms with Crippen LogP contribution in [0.25, 0.3) is 0 Å². The highest BCUT2D eigenvalue weighted by Crippen LogP contribution is 2.25. The molecule has 20 heavy (non-hydrogen) atoms. The number of aliphatic hydroxyl groups is 1. The number of ether oxygens (including phenoxy) is 1. The zero-order valence-electron chi connectivity index (χ0n) is 12.3. The van der Waals surface area contributed by atoms with Crippen LogP contribution in [0.4, 0.5) is 0 Å². The summed E-state index contributed by atoms with van der Waals surface area (Å²) in [5.74, 6) is 0.147. The molecule has 0 saturated heterocycles. The lowest BCUT2D eigenvalue weighted by atomic mass is 10.1. The van der Waals surface area contributed by atoms with Gasteiger partial charge in [-0.1, -0.05) is 13.8 Å². The quantitative estimate of drug-likeness (QED) is 0.802. The van der Waals surface area contributed by atoms with E-state index < -0.39 is 0 Å². The predicted octanol–water partition coefficient (Wildman–Crippen LogP) is 2.02. The molecule has 0 radical (unpaired) electrons. The van der Waals surface area contributed by atoms with Crippen LogP contribution in [0.3, 0.4) is 0 Å². The molecule has 0 aliphatic carbocycles. The summed E-state index contributed by atoms with van der Waals surface area (Å²) in [6.45, 7) is 4.14. The summed E-state index contributed by atoms with van der Waals surface area (Å²) in [7, 11) is 1.51. The SMILES string of the molecule is CCC(CC)N(CCO)C(=O)c1cc(OC)ccc1O. The van der Waals surface area contributed by atoms with Crippen LogP contribution in [0.5, 0.6) is 11.5 Å². The monoisotopic (exact) mass is 281 g/mol. The Balaban J connectivity index is 3.11. The molecule has 2 N–H and O–H groups in total. The largest absolute Gasteiger partial charge is 0.507 e. The average Bonchev–Trinajstić information content (AvgIpc) is 2.47. The number of carbonyl (C=O) groups excluding carboxylic acids is 1. The van der Waals surface area contributed by atoms with E-state index in [0.29, 0.717) is 5.75 Å². The van der Waals surface area contributed by atoms with E-state index in [9.17, 15) is 9.90 Å². The van der Waals surface area contributed by atoms with Crippen LogP contribution in [0.1, 0.15) is 37.0 Å². The number of nitrogens with zero attached hydrogens (tertiary/aromatic N) is 1. The minimum atomic E-state index is -0.288. The molecule has 0 aliphatic heterocycles. The van der Waals surface area contributed by atoms with Gasteiger partial charge in [0.05, 0.1) is 19.3 Å². The van der Waals surface area contributed by atoms with Gasteiger partial charge in [0.15, 0.2) is 0 Å². The number of hydrogen-bond donors (Lipinski definition) is 2. The number of rotatable bonds is 7. The Labute approximate surface area is 119 Å². The maximum absolute atomic E-state index is 12.6. The first-order valence-corrected chi connectivity index (χ1v) is 6.87. The Morgan fingerprint density at radius 2 is 2.00 bits per heavy atom. The summed E-state index contributed by atoms with van der Waals surface area (Å²) >= 11 is 0. The van der Waals surface area contributed by atoms with Gasteiger partial charge in [0.1, 0.15) is 11.5 Å². The lowest BCUT2D eigenvalue weighted by Crippen LogP contribution is -2.41. The van der Waals surface area contributed by atoms with Crippen molar-refractivity contribution in [2.75, 3.05) is 20.3 Å². The molecule has 1 rings (SSSR count). The maximum atomic E-state index is 12.6. The molecule has 0 atom stereocenters. The second-order valence-corrected chi connectivity index (χ2v) is 4.58. The van der Waals surface area contributed by atoms with Crippen molar-refractivity contribution in [1.82, 2.24) is 4.90 Å². The lowest BCUT2D eigenvalue weighted by molar-refractivity contribution is 0.0619. The molecule has 0 heterocycles. The Morgan fingerprint density at radius 1 is 1.35 bits per heavy atom.